The summed E-state index contributed by atoms with van der Waals surface area (Å²) in [6, 6.07) is 13.7. The van der Waals surface area contributed by atoms with Crippen LogP contribution >= 0.6 is 0 Å². The molecule has 3 aromatic heterocycles. The molecule has 13 nitrogen and oxygen atoms in total. The lowest BCUT2D eigenvalue weighted by molar-refractivity contribution is 0.155. The molecule has 1 aromatic carbocycles. The fourth-order valence-electron chi connectivity index (χ4n) is 4.64. The number of aryl methyl sites for hydroxylation is 1. The Labute approximate surface area is 230 Å². The average molecular weight is 566 g/mol. The Hall–Kier alpha value is -4.61. The van der Waals surface area contributed by atoms with Gasteiger partial charge in [0, 0.05) is 19.3 Å². The van der Waals surface area contributed by atoms with Crippen molar-refractivity contribution < 1.29 is 27.4 Å². The minimum absolute atomic E-state index is 0.0138. The van der Waals surface area contributed by atoms with Crippen LogP contribution in [0.2, 0.25) is 0 Å². The van der Waals surface area contributed by atoms with E-state index in [1.165, 1.54) is 25.0 Å². The first-order valence-electron chi connectivity index (χ1n) is 12.3. The molecular weight excluding hydrogens is 538 g/mol. The monoisotopic (exact) mass is 565 g/mol. The number of furan rings is 1. The van der Waals surface area contributed by atoms with Gasteiger partial charge in [0.15, 0.2) is 5.76 Å². The lowest BCUT2D eigenvalue weighted by Gasteiger charge is -2.36. The SMILES string of the molecule is COc1cccc(OC)c1-n1c(NS(=O)(=O)[C@H]2C[C@@H](O)CN(c3cc(C#N)ccn3)C2)nnc1-c1ccc(C)o1. The van der Waals surface area contributed by atoms with Gasteiger partial charge in [-0.25, -0.2) is 13.4 Å². The second kappa shape index (κ2) is 10.9. The van der Waals surface area contributed by atoms with Crippen LogP contribution < -0.4 is 19.1 Å². The molecule has 2 atom stereocenters. The van der Waals surface area contributed by atoms with E-state index >= 15 is 0 Å². The number of piperidine rings is 1. The number of sulfonamides is 1. The standard InChI is InChI=1S/C26H27N7O6S/c1-16-7-8-22(39-16)25-29-30-26(33(25)24-20(37-2)5-4-6-21(24)38-3)31-40(35,36)19-12-18(34)14-32(15-19)23-11-17(13-27)9-10-28-23/h4-11,18-19,34H,12,14-15H2,1-3H3,(H,30,31)/t18-,19+/m1/s1. The number of nitrogens with one attached hydrogen (secondary N) is 1. The maximum atomic E-state index is 13.8. The molecule has 0 saturated carbocycles. The number of β-amino-alcohol motifs (C(OH)–C–C–N with tert-alkyl or cyclic N) is 1. The number of methoxy groups -OCH3 is 2. The fraction of sp³-hybridized carbons (Fsp3) is 0.308. The van der Waals surface area contributed by atoms with E-state index < -0.39 is 21.4 Å². The van der Waals surface area contributed by atoms with Gasteiger partial charge in [0.2, 0.25) is 21.8 Å². The molecule has 0 spiro atoms. The number of benzene rings is 1. The number of aromatic nitrogens is 4. The normalized spacial score (nSPS) is 17.3. The van der Waals surface area contributed by atoms with Crippen LogP contribution in [0.15, 0.2) is 53.1 Å². The van der Waals surface area contributed by atoms with Gasteiger partial charge in [-0.1, -0.05) is 6.07 Å². The fourth-order valence-corrected chi connectivity index (χ4v) is 6.04. The number of nitriles is 1. The zero-order valence-corrected chi connectivity index (χ0v) is 22.8. The van der Waals surface area contributed by atoms with Crippen molar-refractivity contribution in [2.24, 2.45) is 0 Å². The highest BCUT2D eigenvalue weighted by molar-refractivity contribution is 7.93. The largest absolute Gasteiger partial charge is 0.494 e. The van der Waals surface area contributed by atoms with Gasteiger partial charge < -0.3 is 23.9 Å². The van der Waals surface area contributed by atoms with E-state index in [4.69, 9.17) is 13.9 Å². The molecule has 1 saturated heterocycles. The van der Waals surface area contributed by atoms with Gasteiger partial charge in [-0.3, -0.25) is 9.29 Å². The Morgan fingerprint density at radius 2 is 1.88 bits per heavy atom. The van der Waals surface area contributed by atoms with Crippen molar-refractivity contribution in [3.05, 3.63) is 60.0 Å². The van der Waals surface area contributed by atoms with E-state index in [2.05, 4.69) is 19.9 Å². The number of aliphatic hydroxyl groups is 1. The van der Waals surface area contributed by atoms with Crippen LogP contribution in [-0.2, 0) is 10.0 Å². The molecule has 0 bridgehead atoms. The summed E-state index contributed by atoms with van der Waals surface area (Å²) in [7, 11) is -1.17. The van der Waals surface area contributed by atoms with Gasteiger partial charge in [0.05, 0.1) is 32.0 Å². The lowest BCUT2D eigenvalue weighted by Crippen LogP contribution is -2.50. The molecule has 4 heterocycles. The summed E-state index contributed by atoms with van der Waals surface area (Å²) < 4.78 is 48.5. The smallest absolute Gasteiger partial charge is 0.243 e. The molecule has 2 N–H and O–H groups in total. The highest BCUT2D eigenvalue weighted by atomic mass is 32.2. The molecule has 208 valence electrons. The van der Waals surface area contributed by atoms with Crippen molar-refractivity contribution >= 4 is 21.8 Å². The molecular formula is C26H27N7O6S. The zero-order valence-electron chi connectivity index (χ0n) is 22.0. The first kappa shape index (κ1) is 27.0. The van der Waals surface area contributed by atoms with Gasteiger partial charge in [-0.2, -0.15) is 5.26 Å². The van der Waals surface area contributed by atoms with Gasteiger partial charge in [-0.15, -0.1) is 10.2 Å². The third kappa shape index (κ3) is 5.16. The number of nitrogens with zero attached hydrogens (tertiary/aromatic N) is 6. The maximum absolute atomic E-state index is 13.8. The molecule has 0 unspecified atom stereocenters. The van der Waals surface area contributed by atoms with Crippen LogP contribution in [0.1, 0.15) is 17.7 Å². The topological polar surface area (TPSA) is 169 Å². The Morgan fingerprint density at radius 1 is 1.12 bits per heavy atom. The first-order valence-corrected chi connectivity index (χ1v) is 13.8. The predicted molar refractivity (Wildman–Crippen MR) is 145 cm³/mol. The number of hydrogen-bond acceptors (Lipinski definition) is 11. The summed E-state index contributed by atoms with van der Waals surface area (Å²) in [4.78, 5) is 5.90. The van der Waals surface area contributed by atoms with Crippen molar-refractivity contribution in [3.8, 4) is 34.8 Å². The van der Waals surface area contributed by atoms with E-state index in [1.54, 1.807) is 54.3 Å². The quantitative estimate of drug-likeness (QED) is 0.322. The van der Waals surface area contributed by atoms with Crippen LogP contribution in [0.5, 0.6) is 11.5 Å². The zero-order chi connectivity index (χ0) is 28.4. The number of aliphatic hydroxyl groups excluding tert-OH is 1. The van der Waals surface area contributed by atoms with Gasteiger partial charge in [0.25, 0.3) is 0 Å². The van der Waals surface area contributed by atoms with Gasteiger partial charge in [-0.05, 0) is 49.7 Å². The van der Waals surface area contributed by atoms with Crippen LogP contribution in [0.3, 0.4) is 0 Å². The molecule has 1 aliphatic heterocycles. The Morgan fingerprint density at radius 3 is 2.52 bits per heavy atom. The summed E-state index contributed by atoms with van der Waals surface area (Å²) in [6.07, 6.45) is 0.509. The third-order valence-corrected chi connectivity index (χ3v) is 8.20. The van der Waals surface area contributed by atoms with E-state index in [0.717, 1.165) is 0 Å². The molecule has 0 aliphatic carbocycles. The number of hydrogen-bond donors (Lipinski definition) is 2. The first-order chi connectivity index (χ1) is 19.2. The second-order valence-corrected chi connectivity index (χ2v) is 11.1. The van der Waals surface area contributed by atoms with E-state index in [9.17, 15) is 18.8 Å². The van der Waals surface area contributed by atoms with Crippen molar-refractivity contribution in [2.45, 2.75) is 24.7 Å². The van der Waals surface area contributed by atoms with Crippen LogP contribution in [0.25, 0.3) is 17.3 Å². The van der Waals surface area contributed by atoms with E-state index in [0.29, 0.717) is 40.1 Å². The van der Waals surface area contributed by atoms with Crippen LogP contribution in [0, 0.1) is 18.3 Å². The minimum Gasteiger partial charge on any atom is -0.494 e. The molecule has 1 aliphatic rings. The molecule has 4 aromatic rings. The predicted octanol–water partition coefficient (Wildman–Crippen LogP) is 2.50. The Kier molecular flexibility index (Phi) is 7.33. The molecule has 40 heavy (non-hydrogen) atoms. The number of pyridine rings is 1. The van der Waals surface area contributed by atoms with Crippen molar-refractivity contribution in [1.29, 1.82) is 5.26 Å². The summed E-state index contributed by atoms with van der Waals surface area (Å²) >= 11 is 0. The van der Waals surface area contributed by atoms with Gasteiger partial charge in [0.1, 0.15) is 34.0 Å². The van der Waals surface area contributed by atoms with Gasteiger partial charge >= 0.3 is 0 Å². The lowest BCUT2D eigenvalue weighted by atomic mass is 10.1. The maximum Gasteiger partial charge on any atom is 0.243 e. The minimum atomic E-state index is -4.14. The average Bonchev–Trinajstić information content (AvgIpc) is 3.57. The molecule has 5 rings (SSSR count). The molecule has 1 fully saturated rings. The number of para-hydroxylation sites is 1. The molecule has 0 radical (unpaired) electrons. The number of ether oxygens (including phenoxy) is 2. The van der Waals surface area contributed by atoms with Crippen LogP contribution in [0.4, 0.5) is 11.8 Å². The number of anilines is 2. The van der Waals surface area contributed by atoms with E-state index in [1.807, 2.05) is 6.07 Å². The Bertz CT molecular complexity index is 1650. The van der Waals surface area contributed by atoms with Crippen LogP contribution in [-0.4, -0.2) is 71.9 Å². The molecule has 14 heteroatoms. The van der Waals surface area contributed by atoms with Crippen molar-refractivity contribution in [3.63, 3.8) is 0 Å². The highest BCUT2D eigenvalue weighted by Gasteiger charge is 2.37. The second-order valence-electron chi connectivity index (χ2n) is 9.18. The molecule has 0 amide bonds. The summed E-state index contributed by atoms with van der Waals surface area (Å²) in [5, 5.41) is 27.2. The van der Waals surface area contributed by atoms with E-state index in [-0.39, 0.29) is 31.3 Å². The third-order valence-electron chi connectivity index (χ3n) is 6.51. The number of rotatable bonds is 8. The summed E-state index contributed by atoms with van der Waals surface area (Å²) in [5.41, 5.74) is 0.740. The Balaban J connectivity index is 1.55. The summed E-state index contributed by atoms with van der Waals surface area (Å²) in [6.45, 7) is 1.98. The van der Waals surface area contributed by atoms with Crippen molar-refractivity contribution in [2.75, 3.05) is 36.9 Å². The highest BCUT2D eigenvalue weighted by Crippen LogP contribution is 2.38. The van der Waals surface area contributed by atoms with Crippen molar-refractivity contribution in [1.82, 2.24) is 19.7 Å². The summed E-state index contributed by atoms with van der Waals surface area (Å²) in [5.74, 6) is 2.24.